The third-order valence-corrected chi connectivity index (χ3v) is 6.22. The largest absolute Gasteiger partial charge is 0.393 e. The van der Waals surface area contributed by atoms with Crippen LogP contribution in [0.4, 0.5) is 0 Å². The Bertz CT molecular complexity index is 501. The molecule has 3 aliphatic rings. The molecule has 2 N–H and O–H groups in total. The minimum Gasteiger partial charge on any atom is -0.393 e. The SMILES string of the molecule is CN(Cc1ccccc1)[C@H]1C[C@H]2C[C@H](C2(C)C)[C@]1(O)CO. The van der Waals surface area contributed by atoms with Crippen molar-refractivity contribution in [2.75, 3.05) is 13.7 Å². The van der Waals surface area contributed by atoms with Crippen LogP contribution < -0.4 is 0 Å². The quantitative estimate of drug-likeness (QED) is 0.894. The van der Waals surface area contributed by atoms with Gasteiger partial charge >= 0.3 is 0 Å². The van der Waals surface area contributed by atoms with E-state index in [0.717, 1.165) is 19.4 Å². The molecule has 4 atom stereocenters. The second-order valence-corrected chi connectivity index (χ2v) is 7.61. The zero-order valence-corrected chi connectivity index (χ0v) is 13.3. The summed E-state index contributed by atoms with van der Waals surface area (Å²) in [6, 6.07) is 10.4. The average Bonchev–Trinajstić information content (AvgIpc) is 2.47. The van der Waals surface area contributed by atoms with Crippen molar-refractivity contribution in [3.63, 3.8) is 0 Å². The van der Waals surface area contributed by atoms with Gasteiger partial charge in [-0.1, -0.05) is 44.2 Å². The average molecular weight is 289 g/mol. The van der Waals surface area contributed by atoms with Gasteiger partial charge in [0.05, 0.1) is 6.61 Å². The predicted molar refractivity (Wildman–Crippen MR) is 83.7 cm³/mol. The van der Waals surface area contributed by atoms with Gasteiger partial charge in [0.25, 0.3) is 0 Å². The van der Waals surface area contributed by atoms with E-state index >= 15 is 0 Å². The van der Waals surface area contributed by atoms with E-state index in [1.54, 1.807) is 0 Å². The third-order valence-electron chi connectivity index (χ3n) is 6.22. The smallest absolute Gasteiger partial charge is 0.106 e. The summed E-state index contributed by atoms with van der Waals surface area (Å²) in [5, 5.41) is 21.0. The van der Waals surface area contributed by atoms with E-state index in [1.807, 2.05) is 18.2 Å². The van der Waals surface area contributed by atoms with Crippen molar-refractivity contribution >= 4 is 0 Å². The summed E-state index contributed by atoms with van der Waals surface area (Å²) in [6.07, 6.45) is 2.03. The Morgan fingerprint density at radius 2 is 1.86 bits per heavy atom. The van der Waals surface area contributed by atoms with Crippen LogP contribution >= 0.6 is 0 Å². The molecule has 0 aromatic heterocycles. The van der Waals surface area contributed by atoms with E-state index in [0.29, 0.717) is 5.92 Å². The van der Waals surface area contributed by atoms with Crippen LogP contribution in [0, 0.1) is 17.3 Å². The van der Waals surface area contributed by atoms with Gasteiger partial charge in [0.2, 0.25) is 0 Å². The Morgan fingerprint density at radius 3 is 2.43 bits per heavy atom. The first-order chi connectivity index (χ1) is 9.89. The van der Waals surface area contributed by atoms with Crippen LogP contribution in [0.5, 0.6) is 0 Å². The first kappa shape index (κ1) is 15.0. The van der Waals surface area contributed by atoms with Crippen LogP contribution in [-0.4, -0.2) is 40.4 Å². The van der Waals surface area contributed by atoms with Gasteiger partial charge in [-0.2, -0.15) is 0 Å². The van der Waals surface area contributed by atoms with Crippen molar-refractivity contribution in [1.29, 1.82) is 0 Å². The number of likely N-dealkylation sites (N-methyl/N-ethyl adjacent to an activating group) is 1. The summed E-state index contributed by atoms with van der Waals surface area (Å²) in [7, 11) is 2.07. The standard InChI is InChI=1S/C18H27NO2/c1-17(2)14-9-15(17)18(21,12-20)16(10-14)19(3)11-13-7-5-4-6-8-13/h4-8,14-16,20-21H,9-12H2,1-3H3/t14-,15-,16+,18-/m1/s1. The van der Waals surface area contributed by atoms with Crippen molar-refractivity contribution in [1.82, 2.24) is 4.90 Å². The maximum atomic E-state index is 11.1. The number of hydrogen-bond donors (Lipinski definition) is 2. The molecule has 0 amide bonds. The lowest BCUT2D eigenvalue weighted by Gasteiger charge is -2.66. The monoisotopic (exact) mass is 289 g/mol. The molecule has 1 aromatic rings. The minimum atomic E-state index is -0.970. The highest BCUT2D eigenvalue weighted by Gasteiger charge is 2.65. The highest BCUT2D eigenvalue weighted by molar-refractivity contribution is 5.18. The Morgan fingerprint density at radius 1 is 1.19 bits per heavy atom. The molecule has 2 bridgehead atoms. The van der Waals surface area contributed by atoms with Gasteiger partial charge in [-0.05, 0) is 42.7 Å². The molecule has 0 saturated heterocycles. The minimum absolute atomic E-state index is 0.0412. The molecule has 1 aromatic carbocycles. The summed E-state index contributed by atoms with van der Waals surface area (Å²) >= 11 is 0. The summed E-state index contributed by atoms with van der Waals surface area (Å²) in [5.41, 5.74) is 0.433. The first-order valence-electron chi connectivity index (χ1n) is 7.97. The van der Waals surface area contributed by atoms with E-state index in [4.69, 9.17) is 0 Å². The van der Waals surface area contributed by atoms with Gasteiger partial charge in [0.1, 0.15) is 5.60 Å². The van der Waals surface area contributed by atoms with Crippen molar-refractivity contribution in [2.45, 2.75) is 44.9 Å². The highest BCUT2D eigenvalue weighted by Crippen LogP contribution is 2.63. The Kier molecular flexibility index (Phi) is 3.63. The van der Waals surface area contributed by atoms with Crippen molar-refractivity contribution < 1.29 is 10.2 Å². The number of hydrogen-bond acceptors (Lipinski definition) is 3. The van der Waals surface area contributed by atoms with Gasteiger partial charge in [0.15, 0.2) is 0 Å². The molecule has 3 heteroatoms. The Hall–Kier alpha value is -0.900. The molecular weight excluding hydrogens is 262 g/mol. The second kappa shape index (κ2) is 5.08. The lowest BCUT2D eigenvalue weighted by Crippen LogP contribution is -2.72. The lowest BCUT2D eigenvalue weighted by atomic mass is 9.42. The number of fused-ring (bicyclic) bond motifs is 2. The maximum Gasteiger partial charge on any atom is 0.106 e. The van der Waals surface area contributed by atoms with Crippen LogP contribution in [0.15, 0.2) is 30.3 Å². The molecule has 0 spiro atoms. The number of benzene rings is 1. The number of nitrogens with zero attached hydrogens (tertiary/aromatic N) is 1. The number of aliphatic hydroxyl groups excluding tert-OH is 1. The fourth-order valence-corrected chi connectivity index (χ4v) is 4.73. The normalized spacial score (nSPS) is 37.3. The van der Waals surface area contributed by atoms with E-state index in [2.05, 4.69) is 37.9 Å². The molecule has 0 heterocycles. The molecule has 0 radical (unpaired) electrons. The summed E-state index contributed by atoms with van der Waals surface area (Å²) in [4.78, 5) is 2.22. The molecule has 3 fully saturated rings. The van der Waals surface area contributed by atoms with Gasteiger partial charge in [0, 0.05) is 12.6 Å². The predicted octanol–water partition coefficient (Wildman–Crippen LogP) is 2.28. The van der Waals surface area contributed by atoms with E-state index in [1.165, 1.54) is 5.56 Å². The summed E-state index contributed by atoms with van der Waals surface area (Å²) < 4.78 is 0. The molecule has 116 valence electrons. The lowest BCUT2D eigenvalue weighted by molar-refractivity contribution is -0.249. The second-order valence-electron chi connectivity index (χ2n) is 7.61. The summed E-state index contributed by atoms with van der Waals surface area (Å²) in [6.45, 7) is 5.14. The third kappa shape index (κ3) is 2.23. The molecule has 4 rings (SSSR count). The molecule has 0 unspecified atom stereocenters. The Balaban J connectivity index is 1.79. The molecule has 0 aliphatic heterocycles. The molecule has 3 nitrogen and oxygen atoms in total. The molecule has 3 saturated carbocycles. The van der Waals surface area contributed by atoms with E-state index in [-0.39, 0.29) is 24.0 Å². The van der Waals surface area contributed by atoms with Crippen molar-refractivity contribution in [3.8, 4) is 0 Å². The van der Waals surface area contributed by atoms with Gasteiger partial charge in [-0.3, -0.25) is 4.90 Å². The summed E-state index contributed by atoms with van der Waals surface area (Å²) in [5.74, 6) is 0.870. The fourth-order valence-electron chi connectivity index (χ4n) is 4.73. The molecule has 21 heavy (non-hydrogen) atoms. The van der Waals surface area contributed by atoms with Gasteiger partial charge < -0.3 is 10.2 Å². The molecular formula is C18H27NO2. The Labute approximate surface area is 127 Å². The number of aliphatic hydroxyl groups is 2. The van der Waals surface area contributed by atoms with Crippen LogP contribution in [0.2, 0.25) is 0 Å². The number of rotatable bonds is 4. The van der Waals surface area contributed by atoms with Crippen molar-refractivity contribution in [3.05, 3.63) is 35.9 Å². The van der Waals surface area contributed by atoms with Gasteiger partial charge in [-0.15, -0.1) is 0 Å². The molecule has 3 aliphatic carbocycles. The van der Waals surface area contributed by atoms with E-state index in [9.17, 15) is 10.2 Å². The zero-order valence-electron chi connectivity index (χ0n) is 13.3. The van der Waals surface area contributed by atoms with E-state index < -0.39 is 5.60 Å². The fraction of sp³-hybridized carbons (Fsp3) is 0.667. The highest BCUT2D eigenvalue weighted by atomic mass is 16.3. The van der Waals surface area contributed by atoms with Gasteiger partial charge in [-0.25, -0.2) is 0 Å². The van der Waals surface area contributed by atoms with Crippen LogP contribution in [0.1, 0.15) is 32.3 Å². The topological polar surface area (TPSA) is 43.7 Å². The first-order valence-corrected chi connectivity index (χ1v) is 7.97. The van der Waals surface area contributed by atoms with Crippen LogP contribution in [-0.2, 0) is 6.54 Å². The van der Waals surface area contributed by atoms with Crippen LogP contribution in [0.25, 0.3) is 0 Å². The van der Waals surface area contributed by atoms with Crippen LogP contribution in [0.3, 0.4) is 0 Å². The zero-order chi connectivity index (χ0) is 15.3. The maximum absolute atomic E-state index is 11.1. The van der Waals surface area contributed by atoms with Crippen molar-refractivity contribution in [2.24, 2.45) is 17.3 Å².